The number of hydrogen-bond acceptors (Lipinski definition) is 3. The molecule has 166 valence electrons. The van der Waals surface area contributed by atoms with E-state index in [4.69, 9.17) is 16.3 Å². The fraction of sp³-hybridized carbons (Fsp3) is 0.296. The smallest absolute Gasteiger partial charge is 0.242 e. The molecular weight excluding hydrogens is 420 g/mol. The van der Waals surface area contributed by atoms with E-state index in [1.165, 1.54) is 0 Å². The quantitative estimate of drug-likeness (QED) is 0.543. The summed E-state index contributed by atoms with van der Waals surface area (Å²) in [6.45, 7) is 7.75. The van der Waals surface area contributed by atoms with Gasteiger partial charge in [0.2, 0.25) is 5.91 Å². The van der Waals surface area contributed by atoms with Crippen LogP contribution in [0.2, 0.25) is 5.02 Å². The van der Waals surface area contributed by atoms with Gasteiger partial charge >= 0.3 is 0 Å². The number of fused-ring (bicyclic) bond motifs is 1. The Labute approximate surface area is 195 Å². The van der Waals surface area contributed by atoms with Gasteiger partial charge in [-0.1, -0.05) is 72.3 Å². The third-order valence-electron chi connectivity index (χ3n) is 5.52. The van der Waals surface area contributed by atoms with Gasteiger partial charge in [0.1, 0.15) is 18.4 Å². The van der Waals surface area contributed by atoms with Crippen molar-refractivity contribution >= 4 is 17.5 Å². The minimum atomic E-state index is -0.452. The number of carbonyl (C=O) groups is 1. The monoisotopic (exact) mass is 448 g/mol. The van der Waals surface area contributed by atoms with E-state index < -0.39 is 6.04 Å². The maximum Gasteiger partial charge on any atom is 0.242 e. The van der Waals surface area contributed by atoms with Crippen LogP contribution < -0.4 is 10.1 Å². The molecule has 0 aliphatic carbocycles. The van der Waals surface area contributed by atoms with Crippen molar-refractivity contribution in [2.45, 2.75) is 38.9 Å². The van der Waals surface area contributed by atoms with E-state index in [1.807, 2.05) is 81.4 Å². The van der Waals surface area contributed by atoms with Crippen molar-refractivity contribution in [1.82, 2.24) is 10.2 Å². The summed E-state index contributed by atoms with van der Waals surface area (Å²) in [4.78, 5) is 15.7. The number of rotatable bonds is 4. The largest absolute Gasteiger partial charge is 0.492 e. The first-order valence-electron chi connectivity index (χ1n) is 10.9. The number of halogens is 1. The Bertz CT molecular complexity index is 1110. The third kappa shape index (κ3) is 4.98. The summed E-state index contributed by atoms with van der Waals surface area (Å²) in [5.41, 5.74) is 3.74. The van der Waals surface area contributed by atoms with Gasteiger partial charge in [0, 0.05) is 34.8 Å². The van der Waals surface area contributed by atoms with Crippen molar-refractivity contribution in [2.75, 3.05) is 13.2 Å². The van der Waals surface area contributed by atoms with Gasteiger partial charge in [0.05, 0.1) is 0 Å². The lowest BCUT2D eigenvalue weighted by molar-refractivity contribution is -0.128. The number of hydrogen-bond donors (Lipinski definition) is 1. The molecular formula is C27H29ClN2O2. The zero-order valence-electron chi connectivity index (χ0n) is 18.8. The summed E-state index contributed by atoms with van der Waals surface area (Å²) >= 11 is 6.52. The molecule has 0 saturated carbocycles. The number of nitrogens with one attached hydrogen (secondary N) is 1. The topological polar surface area (TPSA) is 41.6 Å². The summed E-state index contributed by atoms with van der Waals surface area (Å²) in [6.07, 6.45) is 0. The van der Waals surface area contributed by atoms with E-state index in [0.29, 0.717) is 24.7 Å². The second-order valence-corrected chi connectivity index (χ2v) is 9.54. The van der Waals surface area contributed by atoms with Crippen molar-refractivity contribution in [3.8, 4) is 16.9 Å². The van der Waals surface area contributed by atoms with Gasteiger partial charge in [0.15, 0.2) is 0 Å². The maximum atomic E-state index is 13.5. The highest BCUT2D eigenvalue weighted by Gasteiger charge is 2.34. The number of benzene rings is 3. The Hall–Kier alpha value is -2.82. The molecule has 0 bridgehead atoms. The average molecular weight is 449 g/mol. The fourth-order valence-electron chi connectivity index (χ4n) is 4.17. The normalized spacial score (nSPS) is 16.6. The van der Waals surface area contributed by atoms with Crippen LogP contribution in [0.1, 0.15) is 37.9 Å². The highest BCUT2D eigenvalue weighted by Crippen LogP contribution is 2.36. The lowest BCUT2D eigenvalue weighted by atomic mass is 9.97. The molecule has 1 unspecified atom stereocenters. The molecule has 0 aromatic heterocycles. The average Bonchev–Trinajstić information content (AvgIpc) is 2.92. The van der Waals surface area contributed by atoms with Crippen molar-refractivity contribution < 1.29 is 9.53 Å². The molecule has 0 radical (unpaired) electrons. The predicted octanol–water partition coefficient (Wildman–Crippen LogP) is 5.86. The highest BCUT2D eigenvalue weighted by molar-refractivity contribution is 6.33. The van der Waals surface area contributed by atoms with Crippen LogP contribution in [-0.4, -0.2) is 29.5 Å². The molecule has 0 spiro atoms. The van der Waals surface area contributed by atoms with Gasteiger partial charge in [-0.05, 0) is 44.0 Å². The van der Waals surface area contributed by atoms with Crippen LogP contribution in [0.5, 0.6) is 5.75 Å². The van der Waals surface area contributed by atoms with E-state index >= 15 is 0 Å². The van der Waals surface area contributed by atoms with Gasteiger partial charge in [0.25, 0.3) is 0 Å². The number of nitrogens with zero attached hydrogens (tertiary/aromatic N) is 1. The Kier molecular flexibility index (Phi) is 6.54. The molecule has 1 atom stereocenters. The van der Waals surface area contributed by atoms with Crippen molar-refractivity contribution in [2.24, 2.45) is 0 Å². The Balaban J connectivity index is 1.74. The first-order chi connectivity index (χ1) is 15.3. The molecule has 1 aliphatic rings. The van der Waals surface area contributed by atoms with Crippen molar-refractivity contribution in [3.05, 3.63) is 88.9 Å². The Morgan fingerprint density at radius 1 is 1.00 bits per heavy atom. The van der Waals surface area contributed by atoms with Crippen LogP contribution in [0.15, 0.2) is 72.8 Å². The van der Waals surface area contributed by atoms with Crippen LogP contribution in [-0.2, 0) is 11.3 Å². The highest BCUT2D eigenvalue weighted by atomic mass is 35.5. The van der Waals surface area contributed by atoms with E-state index in [2.05, 4.69) is 22.3 Å². The van der Waals surface area contributed by atoms with Crippen LogP contribution in [0, 0.1) is 0 Å². The molecule has 1 heterocycles. The molecule has 1 amide bonds. The van der Waals surface area contributed by atoms with Gasteiger partial charge in [-0.2, -0.15) is 0 Å². The van der Waals surface area contributed by atoms with Gasteiger partial charge < -0.3 is 10.1 Å². The summed E-state index contributed by atoms with van der Waals surface area (Å²) in [5, 5.41) is 3.89. The molecule has 4 nitrogen and oxygen atoms in total. The van der Waals surface area contributed by atoms with E-state index in [0.717, 1.165) is 28.0 Å². The number of para-hydroxylation sites is 1. The summed E-state index contributed by atoms with van der Waals surface area (Å²) in [6, 6.07) is 23.5. The molecule has 3 aromatic rings. The summed E-state index contributed by atoms with van der Waals surface area (Å²) in [5.74, 6) is 0.745. The predicted molar refractivity (Wildman–Crippen MR) is 130 cm³/mol. The molecule has 1 N–H and O–H groups in total. The van der Waals surface area contributed by atoms with Crippen molar-refractivity contribution in [3.63, 3.8) is 0 Å². The van der Waals surface area contributed by atoms with Crippen LogP contribution in [0.25, 0.3) is 11.1 Å². The van der Waals surface area contributed by atoms with Crippen LogP contribution in [0.3, 0.4) is 0 Å². The molecule has 1 aliphatic heterocycles. The molecule has 4 rings (SSSR count). The molecule has 5 heteroatoms. The second kappa shape index (κ2) is 9.35. The zero-order chi connectivity index (χ0) is 22.7. The number of amides is 1. The lowest BCUT2D eigenvalue weighted by Gasteiger charge is -2.32. The third-order valence-corrected chi connectivity index (χ3v) is 5.85. The maximum absolute atomic E-state index is 13.5. The van der Waals surface area contributed by atoms with Crippen LogP contribution >= 0.6 is 11.6 Å². The molecule has 32 heavy (non-hydrogen) atoms. The lowest BCUT2D eigenvalue weighted by Crippen LogP contribution is -2.47. The zero-order valence-corrected chi connectivity index (χ0v) is 19.5. The Morgan fingerprint density at radius 2 is 1.66 bits per heavy atom. The van der Waals surface area contributed by atoms with Crippen LogP contribution in [0.4, 0.5) is 0 Å². The SMILES string of the molecule is CC(C)(C)NC(=O)C1c2ccccc2OCCN1Cc1ccccc1-c1ccccc1Cl. The van der Waals surface area contributed by atoms with Gasteiger partial charge in [-0.25, -0.2) is 0 Å². The standard InChI is InChI=1S/C27H29ClN2O2/c1-27(2,3)29-26(31)25-22-13-7-9-15-24(22)32-17-16-30(25)18-19-10-4-5-11-20(19)21-12-6-8-14-23(21)28/h4-15,25H,16-18H2,1-3H3,(H,29,31). The molecule has 3 aromatic carbocycles. The molecule has 0 fully saturated rings. The van der Waals surface area contributed by atoms with Crippen molar-refractivity contribution in [1.29, 1.82) is 0 Å². The summed E-state index contributed by atoms with van der Waals surface area (Å²) in [7, 11) is 0. The van der Waals surface area contributed by atoms with E-state index in [-0.39, 0.29) is 11.4 Å². The van der Waals surface area contributed by atoms with Gasteiger partial charge in [-0.15, -0.1) is 0 Å². The fourth-order valence-corrected chi connectivity index (χ4v) is 4.41. The first kappa shape index (κ1) is 22.4. The molecule has 0 saturated heterocycles. The number of carbonyl (C=O) groups excluding carboxylic acids is 1. The number of ether oxygens (including phenoxy) is 1. The minimum absolute atomic E-state index is 0.0225. The van der Waals surface area contributed by atoms with E-state index in [9.17, 15) is 4.79 Å². The van der Waals surface area contributed by atoms with E-state index in [1.54, 1.807) is 0 Å². The van der Waals surface area contributed by atoms with Gasteiger partial charge in [-0.3, -0.25) is 9.69 Å². The first-order valence-corrected chi connectivity index (χ1v) is 11.3. The second-order valence-electron chi connectivity index (χ2n) is 9.14. The Morgan fingerprint density at radius 3 is 2.41 bits per heavy atom. The minimum Gasteiger partial charge on any atom is -0.492 e. The summed E-state index contributed by atoms with van der Waals surface area (Å²) < 4.78 is 6.02.